The number of benzene rings is 1. The minimum atomic E-state index is -1.01. The van der Waals surface area contributed by atoms with Gasteiger partial charge in [0, 0.05) is 0 Å². The van der Waals surface area contributed by atoms with E-state index < -0.39 is 11.8 Å². The van der Waals surface area contributed by atoms with Crippen LogP contribution in [0.1, 0.15) is 5.56 Å². The van der Waals surface area contributed by atoms with E-state index in [0.29, 0.717) is 5.56 Å². The molecule has 0 fully saturated rings. The Morgan fingerprint density at radius 1 is 1.60 bits per heavy atom. The molecule has 0 radical (unpaired) electrons. The molecule has 0 aromatic heterocycles. The lowest BCUT2D eigenvalue weighted by Crippen LogP contribution is -2.02. The summed E-state index contributed by atoms with van der Waals surface area (Å²) in [6.07, 6.45) is 4.73. The van der Waals surface area contributed by atoms with Crippen molar-refractivity contribution in [3.63, 3.8) is 0 Å². The summed E-state index contributed by atoms with van der Waals surface area (Å²) >= 11 is 0. The maximum atomic E-state index is 13.2. The van der Waals surface area contributed by atoms with E-state index in [4.69, 9.17) is 16.3 Å². The van der Waals surface area contributed by atoms with Crippen molar-refractivity contribution in [2.75, 3.05) is 6.61 Å². The van der Waals surface area contributed by atoms with Gasteiger partial charge < -0.3 is 9.84 Å². The summed E-state index contributed by atoms with van der Waals surface area (Å²) in [5.74, 6) is 0.622. The molecule has 0 saturated heterocycles. The first-order valence-electron chi connectivity index (χ1n) is 4.20. The highest BCUT2D eigenvalue weighted by molar-refractivity contribution is 5.70. The lowest BCUT2D eigenvalue weighted by Gasteiger charge is -2.04. The highest BCUT2D eigenvalue weighted by Gasteiger charge is 2.06. The van der Waals surface area contributed by atoms with E-state index in [1.165, 1.54) is 12.1 Å². The summed E-state index contributed by atoms with van der Waals surface area (Å²) in [7, 11) is 0. The molecule has 1 rings (SSSR count). The van der Waals surface area contributed by atoms with Gasteiger partial charge in [0.05, 0.1) is 6.42 Å². The molecule has 3 nitrogen and oxygen atoms in total. The second kappa shape index (κ2) is 5.01. The Kier molecular flexibility index (Phi) is 3.69. The Hall–Kier alpha value is -2.02. The van der Waals surface area contributed by atoms with Crippen molar-refractivity contribution in [1.82, 2.24) is 0 Å². The van der Waals surface area contributed by atoms with Gasteiger partial charge >= 0.3 is 5.97 Å². The SMILES string of the molecule is C#CCOc1ccc(CC(=O)O)cc1F. The quantitative estimate of drug-likeness (QED) is 0.762. The zero-order valence-electron chi connectivity index (χ0n) is 7.87. The van der Waals surface area contributed by atoms with Crippen LogP contribution in [0.5, 0.6) is 5.75 Å². The van der Waals surface area contributed by atoms with E-state index in [2.05, 4.69) is 5.92 Å². The second-order valence-corrected chi connectivity index (χ2v) is 2.83. The fourth-order valence-corrected chi connectivity index (χ4v) is 1.07. The molecule has 0 heterocycles. The van der Waals surface area contributed by atoms with Gasteiger partial charge in [0.1, 0.15) is 6.61 Å². The van der Waals surface area contributed by atoms with Crippen molar-refractivity contribution < 1.29 is 19.0 Å². The van der Waals surface area contributed by atoms with Crippen LogP contribution >= 0.6 is 0 Å². The molecule has 0 unspecified atom stereocenters. The first-order valence-corrected chi connectivity index (χ1v) is 4.20. The lowest BCUT2D eigenvalue weighted by molar-refractivity contribution is -0.136. The van der Waals surface area contributed by atoms with Gasteiger partial charge in [-0.25, -0.2) is 4.39 Å². The summed E-state index contributed by atoms with van der Waals surface area (Å²) in [4.78, 5) is 10.4. The molecule has 15 heavy (non-hydrogen) atoms. The van der Waals surface area contributed by atoms with Gasteiger partial charge in [0.2, 0.25) is 0 Å². The van der Waals surface area contributed by atoms with E-state index in [0.717, 1.165) is 6.07 Å². The third kappa shape index (κ3) is 3.31. The fraction of sp³-hybridized carbons (Fsp3) is 0.182. The summed E-state index contributed by atoms with van der Waals surface area (Å²) < 4.78 is 18.1. The molecule has 0 saturated carbocycles. The first-order chi connectivity index (χ1) is 7.13. The highest BCUT2D eigenvalue weighted by atomic mass is 19.1. The second-order valence-electron chi connectivity index (χ2n) is 2.83. The van der Waals surface area contributed by atoms with Gasteiger partial charge in [-0.15, -0.1) is 6.42 Å². The summed E-state index contributed by atoms with van der Waals surface area (Å²) in [5.41, 5.74) is 0.382. The molecule has 0 aliphatic rings. The molecule has 1 aromatic rings. The summed E-state index contributed by atoms with van der Waals surface area (Å²) in [6.45, 7) is -0.0187. The van der Waals surface area contributed by atoms with Crippen molar-refractivity contribution in [3.05, 3.63) is 29.6 Å². The largest absolute Gasteiger partial charge is 0.481 e. The van der Waals surface area contributed by atoms with Crippen LogP contribution in [-0.2, 0) is 11.2 Å². The molecule has 1 N–H and O–H groups in total. The number of terminal acetylenes is 1. The van der Waals surface area contributed by atoms with Crippen molar-refractivity contribution in [2.24, 2.45) is 0 Å². The monoisotopic (exact) mass is 208 g/mol. The number of carbonyl (C=O) groups is 1. The molecule has 0 aliphatic carbocycles. The first kappa shape index (κ1) is 11.1. The fourth-order valence-electron chi connectivity index (χ4n) is 1.07. The van der Waals surface area contributed by atoms with Gasteiger partial charge in [-0.3, -0.25) is 4.79 Å². The van der Waals surface area contributed by atoms with Crippen LogP contribution in [0.25, 0.3) is 0 Å². The Balaban J connectivity index is 2.79. The molecule has 0 amide bonds. The van der Waals surface area contributed by atoms with Crippen LogP contribution in [0, 0.1) is 18.2 Å². The van der Waals surface area contributed by atoms with Crippen molar-refractivity contribution >= 4 is 5.97 Å². The molecule has 1 aromatic carbocycles. The van der Waals surface area contributed by atoms with Crippen LogP contribution in [-0.4, -0.2) is 17.7 Å². The predicted octanol–water partition coefficient (Wildman–Crippen LogP) is 1.46. The van der Waals surface area contributed by atoms with Crippen LogP contribution in [0.3, 0.4) is 0 Å². The van der Waals surface area contributed by atoms with E-state index in [1.807, 2.05) is 0 Å². The third-order valence-electron chi connectivity index (χ3n) is 1.66. The Morgan fingerprint density at radius 3 is 2.87 bits per heavy atom. The Bertz CT molecular complexity index is 407. The molecule has 4 heteroatoms. The topological polar surface area (TPSA) is 46.5 Å². The van der Waals surface area contributed by atoms with E-state index in [9.17, 15) is 9.18 Å². The summed E-state index contributed by atoms with van der Waals surface area (Å²) in [6, 6.07) is 3.98. The maximum Gasteiger partial charge on any atom is 0.307 e. The number of halogens is 1. The van der Waals surface area contributed by atoms with Gasteiger partial charge in [0.15, 0.2) is 11.6 Å². The number of hydrogen-bond acceptors (Lipinski definition) is 2. The van der Waals surface area contributed by atoms with E-state index >= 15 is 0 Å². The molecule has 0 spiro atoms. The zero-order chi connectivity index (χ0) is 11.3. The highest BCUT2D eigenvalue weighted by Crippen LogP contribution is 2.18. The minimum Gasteiger partial charge on any atom is -0.481 e. The van der Waals surface area contributed by atoms with Crippen LogP contribution in [0.4, 0.5) is 4.39 Å². The van der Waals surface area contributed by atoms with Gasteiger partial charge in [-0.1, -0.05) is 12.0 Å². The van der Waals surface area contributed by atoms with Gasteiger partial charge in [0.25, 0.3) is 0 Å². The van der Waals surface area contributed by atoms with Gasteiger partial charge in [-0.05, 0) is 17.7 Å². The van der Waals surface area contributed by atoms with Crippen molar-refractivity contribution in [2.45, 2.75) is 6.42 Å². The lowest BCUT2D eigenvalue weighted by atomic mass is 10.1. The number of ether oxygens (including phenoxy) is 1. The van der Waals surface area contributed by atoms with Crippen LogP contribution in [0.15, 0.2) is 18.2 Å². The van der Waals surface area contributed by atoms with Crippen LogP contribution < -0.4 is 4.74 Å². The zero-order valence-corrected chi connectivity index (χ0v) is 7.87. The maximum absolute atomic E-state index is 13.2. The molecule has 0 aliphatic heterocycles. The van der Waals surface area contributed by atoms with E-state index in [1.54, 1.807) is 0 Å². The third-order valence-corrected chi connectivity index (χ3v) is 1.66. The molecule has 0 bridgehead atoms. The van der Waals surface area contributed by atoms with Crippen LogP contribution in [0.2, 0.25) is 0 Å². The van der Waals surface area contributed by atoms with Gasteiger partial charge in [-0.2, -0.15) is 0 Å². The average Bonchev–Trinajstić information content (AvgIpc) is 2.15. The van der Waals surface area contributed by atoms with Crippen molar-refractivity contribution in [1.29, 1.82) is 0 Å². The molecule has 78 valence electrons. The summed E-state index contributed by atoms with van der Waals surface area (Å²) in [5, 5.41) is 8.49. The number of rotatable bonds is 4. The Morgan fingerprint density at radius 2 is 2.33 bits per heavy atom. The number of carboxylic acid groups (broad SMARTS) is 1. The average molecular weight is 208 g/mol. The Labute approximate surface area is 86.5 Å². The number of hydrogen-bond donors (Lipinski definition) is 1. The smallest absolute Gasteiger partial charge is 0.307 e. The molecule has 0 atom stereocenters. The molecular formula is C11H9FO3. The minimum absolute atomic E-state index is 0.0187. The number of aliphatic carboxylic acids is 1. The number of carboxylic acids is 1. The van der Waals surface area contributed by atoms with E-state index in [-0.39, 0.29) is 18.8 Å². The molecular weight excluding hydrogens is 199 g/mol. The normalized spacial score (nSPS) is 9.33. The standard InChI is InChI=1S/C11H9FO3/c1-2-5-15-10-4-3-8(6-9(10)12)7-11(13)14/h1,3-4,6H,5,7H2,(H,13,14). The van der Waals surface area contributed by atoms with Crippen molar-refractivity contribution in [3.8, 4) is 18.1 Å². The predicted molar refractivity (Wildman–Crippen MR) is 52.1 cm³/mol.